The Kier molecular flexibility index (Phi) is 7.17. The Morgan fingerprint density at radius 3 is 1.98 bits per heavy atom. The van der Waals surface area contributed by atoms with Crippen LogP contribution in [0.1, 0.15) is 28.5 Å². The summed E-state index contributed by atoms with van der Waals surface area (Å²) in [7, 11) is 5.95. The molecule has 41 heavy (non-hydrogen) atoms. The first kappa shape index (κ1) is 28.0. The third-order valence-electron chi connectivity index (χ3n) is 7.74. The summed E-state index contributed by atoms with van der Waals surface area (Å²) < 4.78 is 11.4. The second kappa shape index (κ2) is 10.5. The van der Waals surface area contributed by atoms with Crippen LogP contribution in [-0.4, -0.2) is 60.9 Å². The molecule has 0 amide bonds. The number of allylic oxidation sites excluding steroid dienone is 2. The van der Waals surface area contributed by atoms with E-state index in [0.29, 0.717) is 5.69 Å². The number of carbonyl (C=O) groups excluding carboxylic acids is 3. The zero-order chi connectivity index (χ0) is 29.6. The molecule has 0 fully saturated rings. The molecule has 5 rings (SSSR count). The Morgan fingerprint density at radius 1 is 0.854 bits per heavy atom. The molecule has 3 aromatic rings. The number of hydrogen-bond acceptors (Lipinski definition) is 7. The Balaban J connectivity index is 1.84. The molecular weight excluding hydrogens is 534 g/mol. The lowest BCUT2D eigenvalue weighted by Crippen LogP contribution is -2.58. The number of pyridine rings is 1. The predicted molar refractivity (Wildman–Crippen MR) is 162 cm³/mol. The maximum Gasteiger partial charge on any atom is 0.432 e. The van der Waals surface area contributed by atoms with Gasteiger partial charge in [-0.2, -0.15) is 0 Å². The van der Waals surface area contributed by atoms with E-state index in [2.05, 4.69) is 59.3 Å². The Labute approximate surface area is 241 Å². The molecule has 2 aliphatic rings. The Morgan fingerprint density at radius 2 is 1.44 bits per heavy atom. The monoisotopic (exact) mass is 568 g/mol. The first-order valence-corrected chi connectivity index (χ1v) is 16.4. The number of carbonyl (C=O) groups is 3. The lowest BCUT2D eigenvalue weighted by Gasteiger charge is -2.37. The highest BCUT2D eigenvalue weighted by atomic mass is 28.3. The van der Waals surface area contributed by atoms with Gasteiger partial charge >= 0.3 is 17.8 Å². The minimum atomic E-state index is -2.19. The van der Waals surface area contributed by atoms with E-state index in [1.807, 2.05) is 40.3 Å². The summed E-state index contributed by atoms with van der Waals surface area (Å²) in [5, 5.41) is 2.56. The van der Waals surface area contributed by atoms with Gasteiger partial charge < -0.3 is 19.3 Å². The molecule has 8 nitrogen and oxygen atoms in total. The largest absolute Gasteiger partial charge is 0.432 e. The van der Waals surface area contributed by atoms with Crippen LogP contribution in [-0.2, 0) is 19.1 Å². The fraction of sp³-hybridized carbons (Fsp3) is 0.250. The molecule has 0 saturated heterocycles. The van der Waals surface area contributed by atoms with Crippen LogP contribution >= 0.6 is 0 Å². The third-order valence-corrected chi connectivity index (χ3v) is 11.3. The average Bonchev–Trinajstić information content (AvgIpc) is 2.93. The topological polar surface area (TPSA) is 80.0 Å². The molecule has 2 aliphatic heterocycles. The van der Waals surface area contributed by atoms with Crippen molar-refractivity contribution in [1.29, 1.82) is 0 Å². The van der Waals surface area contributed by atoms with Crippen molar-refractivity contribution >= 4 is 58.8 Å². The van der Waals surface area contributed by atoms with E-state index >= 15 is 0 Å². The zero-order valence-electron chi connectivity index (χ0n) is 24.4. The van der Waals surface area contributed by atoms with Crippen molar-refractivity contribution in [3.63, 3.8) is 0 Å². The zero-order valence-corrected chi connectivity index (χ0v) is 25.4. The first-order chi connectivity index (χ1) is 19.4. The van der Waals surface area contributed by atoms with Gasteiger partial charge in [0.2, 0.25) is 12.5 Å². The summed E-state index contributed by atoms with van der Waals surface area (Å²) in [6, 6.07) is 18.6. The summed E-state index contributed by atoms with van der Waals surface area (Å²) in [5.41, 5.74) is 6.63. The summed E-state index contributed by atoms with van der Waals surface area (Å²) >= 11 is 0. The predicted octanol–water partition coefficient (Wildman–Crippen LogP) is 2.85. The molecule has 0 bridgehead atoms. The Bertz CT molecular complexity index is 1610. The van der Waals surface area contributed by atoms with Gasteiger partial charge in [-0.05, 0) is 57.9 Å². The average molecular weight is 569 g/mol. The van der Waals surface area contributed by atoms with E-state index in [9.17, 15) is 14.4 Å². The SMILES string of the molecule is CC(=O)OCOC(=O)C1=CC(=C2c3ccc(N(C)C)cc3[Si](C)(C)c3cc(N(C)C)ccc32)c2cccc[n+]2C1=O. The van der Waals surface area contributed by atoms with Crippen LogP contribution in [0.4, 0.5) is 11.4 Å². The highest BCUT2D eigenvalue weighted by Gasteiger charge is 2.42. The van der Waals surface area contributed by atoms with Gasteiger partial charge in [-0.1, -0.05) is 25.2 Å². The molecule has 0 N–H and O–H groups in total. The van der Waals surface area contributed by atoms with Crippen molar-refractivity contribution in [3.8, 4) is 0 Å². The normalized spacial score (nSPS) is 14.8. The molecule has 2 aromatic carbocycles. The highest BCUT2D eigenvalue weighted by Crippen LogP contribution is 2.39. The lowest BCUT2D eigenvalue weighted by atomic mass is 9.87. The van der Waals surface area contributed by atoms with Gasteiger partial charge in [-0.3, -0.25) is 4.79 Å². The van der Waals surface area contributed by atoms with Crippen LogP contribution in [0.3, 0.4) is 0 Å². The summed E-state index contributed by atoms with van der Waals surface area (Å²) in [4.78, 5) is 42.0. The van der Waals surface area contributed by atoms with Gasteiger partial charge in [-0.15, -0.1) is 4.57 Å². The van der Waals surface area contributed by atoms with Crippen molar-refractivity contribution in [2.45, 2.75) is 20.0 Å². The van der Waals surface area contributed by atoms with E-state index in [-0.39, 0.29) is 5.57 Å². The molecule has 9 heteroatoms. The Hall–Kier alpha value is -4.50. The van der Waals surface area contributed by atoms with Crippen LogP contribution in [0.15, 0.2) is 72.4 Å². The number of nitrogens with zero attached hydrogens (tertiary/aromatic N) is 3. The molecule has 210 valence electrons. The minimum Gasteiger partial charge on any atom is -0.428 e. The van der Waals surface area contributed by atoms with E-state index < -0.39 is 32.7 Å². The number of esters is 2. The molecule has 3 heterocycles. The molecule has 0 spiro atoms. The van der Waals surface area contributed by atoms with E-state index in [4.69, 9.17) is 9.47 Å². The number of ether oxygens (including phenoxy) is 2. The van der Waals surface area contributed by atoms with Gasteiger partial charge in [0, 0.05) is 64.2 Å². The smallest absolute Gasteiger partial charge is 0.428 e. The molecule has 0 aliphatic carbocycles. The van der Waals surface area contributed by atoms with Crippen LogP contribution in [0, 0.1) is 0 Å². The van der Waals surface area contributed by atoms with Crippen LogP contribution in [0.5, 0.6) is 0 Å². The highest BCUT2D eigenvalue weighted by molar-refractivity contribution is 7.02. The lowest BCUT2D eigenvalue weighted by molar-refractivity contribution is -0.574. The molecule has 0 atom stereocenters. The second-order valence-electron chi connectivity index (χ2n) is 11.2. The number of anilines is 2. The van der Waals surface area contributed by atoms with Crippen molar-refractivity contribution in [1.82, 2.24) is 0 Å². The standard InChI is InChI=1S/C32H34N3O5Si/c1-20(36)39-19-40-32(38)26-18-25(27-10-8-9-15-35(27)31(26)37)30-23-13-11-21(33(2)3)16-28(23)41(6,7)29-17-22(34(4)5)12-14-24(29)30/h8-18H,19H2,1-7H3/q+1. The molecular formula is C32H34N3O5Si+. The number of aromatic nitrogens is 1. The van der Waals surface area contributed by atoms with E-state index in [1.54, 1.807) is 18.3 Å². The number of rotatable bonds is 5. The quantitative estimate of drug-likeness (QED) is 0.154. The van der Waals surface area contributed by atoms with E-state index in [0.717, 1.165) is 33.6 Å². The van der Waals surface area contributed by atoms with Crippen molar-refractivity contribution < 1.29 is 28.4 Å². The number of benzene rings is 2. The summed E-state index contributed by atoms with van der Waals surface area (Å²) in [5.74, 6) is -1.94. The van der Waals surface area contributed by atoms with Gasteiger partial charge in [0.25, 0.3) is 0 Å². The maximum absolute atomic E-state index is 13.5. The van der Waals surface area contributed by atoms with Crippen molar-refractivity contribution in [2.24, 2.45) is 0 Å². The molecule has 0 unspecified atom stereocenters. The second-order valence-corrected chi connectivity index (χ2v) is 15.5. The fourth-order valence-electron chi connectivity index (χ4n) is 5.51. The third kappa shape index (κ3) is 4.86. The van der Waals surface area contributed by atoms with Crippen molar-refractivity contribution in [2.75, 3.05) is 44.8 Å². The van der Waals surface area contributed by atoms with Gasteiger partial charge in [0.05, 0.1) is 5.57 Å². The maximum atomic E-state index is 13.5. The summed E-state index contributed by atoms with van der Waals surface area (Å²) in [6.45, 7) is 5.39. The number of fused-ring (bicyclic) bond motifs is 3. The van der Waals surface area contributed by atoms with E-state index in [1.165, 1.54) is 21.9 Å². The minimum absolute atomic E-state index is 0.136. The van der Waals surface area contributed by atoms with Gasteiger partial charge in [0.15, 0.2) is 11.8 Å². The van der Waals surface area contributed by atoms with Crippen LogP contribution in [0.25, 0.3) is 11.1 Å². The van der Waals surface area contributed by atoms with Crippen LogP contribution < -0.4 is 24.7 Å². The van der Waals surface area contributed by atoms with Crippen LogP contribution in [0.2, 0.25) is 13.1 Å². The molecule has 0 radical (unpaired) electrons. The van der Waals surface area contributed by atoms with Gasteiger partial charge in [-0.25, -0.2) is 9.59 Å². The molecule has 1 aromatic heterocycles. The molecule has 0 saturated carbocycles. The fourth-order valence-corrected chi connectivity index (χ4v) is 8.58. The van der Waals surface area contributed by atoms with Gasteiger partial charge in [0.1, 0.15) is 8.07 Å². The first-order valence-electron chi connectivity index (χ1n) is 13.4. The number of hydrogen-bond donors (Lipinski definition) is 0. The summed E-state index contributed by atoms with van der Waals surface area (Å²) in [6.07, 6.45) is 3.27. The van der Waals surface area contributed by atoms with Crippen molar-refractivity contribution in [3.05, 3.63) is 89.3 Å².